The summed E-state index contributed by atoms with van der Waals surface area (Å²) < 4.78 is 7.70. The summed E-state index contributed by atoms with van der Waals surface area (Å²) in [5, 5.41) is 15.0. The SMILES string of the molecule is Cc1nn(-c2ccccc2)cc1CN1CCOC[C@@H]1[C@@H]1CCC[C@H]1O. The van der Waals surface area contributed by atoms with Crippen LogP contribution in [-0.4, -0.2) is 51.7 Å². The number of para-hydroxylation sites is 1. The van der Waals surface area contributed by atoms with Crippen LogP contribution >= 0.6 is 0 Å². The van der Waals surface area contributed by atoms with Crippen molar-refractivity contribution in [3.63, 3.8) is 0 Å². The molecule has 0 amide bonds. The Morgan fingerprint density at radius 3 is 2.84 bits per heavy atom. The zero-order valence-corrected chi connectivity index (χ0v) is 14.8. The summed E-state index contributed by atoms with van der Waals surface area (Å²) in [6, 6.07) is 10.5. The van der Waals surface area contributed by atoms with Crippen LogP contribution in [0.4, 0.5) is 0 Å². The molecule has 25 heavy (non-hydrogen) atoms. The molecule has 0 spiro atoms. The van der Waals surface area contributed by atoms with Crippen LogP contribution in [0.5, 0.6) is 0 Å². The molecule has 1 N–H and O–H groups in total. The molecule has 0 radical (unpaired) electrons. The molecule has 4 rings (SSSR count). The first kappa shape index (κ1) is 16.8. The first-order valence-corrected chi connectivity index (χ1v) is 9.33. The van der Waals surface area contributed by atoms with E-state index in [4.69, 9.17) is 9.84 Å². The number of hydrogen-bond acceptors (Lipinski definition) is 4. The number of aryl methyl sites for hydroxylation is 1. The second-order valence-corrected chi connectivity index (χ2v) is 7.29. The largest absolute Gasteiger partial charge is 0.393 e. The minimum absolute atomic E-state index is 0.178. The van der Waals surface area contributed by atoms with Crippen molar-refractivity contribution in [2.45, 2.75) is 44.9 Å². The van der Waals surface area contributed by atoms with Gasteiger partial charge in [0, 0.05) is 36.8 Å². The molecule has 1 aromatic heterocycles. The third-order valence-corrected chi connectivity index (χ3v) is 5.70. The molecular weight excluding hydrogens is 314 g/mol. The zero-order valence-electron chi connectivity index (χ0n) is 14.8. The highest BCUT2D eigenvalue weighted by molar-refractivity contribution is 5.32. The van der Waals surface area contributed by atoms with Crippen molar-refractivity contribution in [2.75, 3.05) is 19.8 Å². The number of ether oxygens (including phenoxy) is 1. The molecule has 134 valence electrons. The van der Waals surface area contributed by atoms with E-state index in [9.17, 15) is 5.11 Å². The summed E-state index contributed by atoms with van der Waals surface area (Å²) in [6.45, 7) is 5.37. The normalized spacial score (nSPS) is 27.7. The van der Waals surface area contributed by atoms with Crippen molar-refractivity contribution in [2.24, 2.45) is 5.92 Å². The van der Waals surface area contributed by atoms with Crippen LogP contribution in [-0.2, 0) is 11.3 Å². The van der Waals surface area contributed by atoms with E-state index < -0.39 is 0 Å². The number of nitrogens with zero attached hydrogens (tertiary/aromatic N) is 3. The van der Waals surface area contributed by atoms with Crippen molar-refractivity contribution in [3.05, 3.63) is 47.8 Å². The van der Waals surface area contributed by atoms with Crippen LogP contribution in [0, 0.1) is 12.8 Å². The molecule has 2 aromatic rings. The maximum atomic E-state index is 10.3. The summed E-state index contributed by atoms with van der Waals surface area (Å²) in [5.74, 6) is 0.338. The van der Waals surface area contributed by atoms with Gasteiger partial charge in [0.2, 0.25) is 0 Å². The number of benzene rings is 1. The maximum Gasteiger partial charge on any atom is 0.0645 e. The highest BCUT2D eigenvalue weighted by atomic mass is 16.5. The molecule has 3 atom stereocenters. The average molecular weight is 341 g/mol. The summed E-state index contributed by atoms with van der Waals surface area (Å²) in [4.78, 5) is 2.49. The van der Waals surface area contributed by atoms with Gasteiger partial charge in [-0.25, -0.2) is 4.68 Å². The van der Waals surface area contributed by atoms with Gasteiger partial charge in [-0.1, -0.05) is 24.6 Å². The van der Waals surface area contributed by atoms with E-state index >= 15 is 0 Å². The minimum Gasteiger partial charge on any atom is -0.393 e. The van der Waals surface area contributed by atoms with Crippen LogP contribution in [0.1, 0.15) is 30.5 Å². The van der Waals surface area contributed by atoms with Gasteiger partial charge in [-0.2, -0.15) is 5.10 Å². The third-order valence-electron chi connectivity index (χ3n) is 5.70. The van der Waals surface area contributed by atoms with E-state index in [0.717, 1.165) is 56.9 Å². The summed E-state index contributed by atoms with van der Waals surface area (Å²) in [6.07, 6.45) is 5.12. The van der Waals surface area contributed by atoms with E-state index in [-0.39, 0.29) is 6.10 Å². The monoisotopic (exact) mass is 341 g/mol. The molecule has 0 bridgehead atoms. The number of rotatable bonds is 4. The molecule has 1 aliphatic carbocycles. The molecule has 0 unspecified atom stereocenters. The van der Waals surface area contributed by atoms with Crippen molar-refractivity contribution in [1.82, 2.24) is 14.7 Å². The Bertz CT molecular complexity index is 700. The zero-order chi connectivity index (χ0) is 17.2. The first-order chi connectivity index (χ1) is 12.2. The van der Waals surface area contributed by atoms with Crippen molar-refractivity contribution >= 4 is 0 Å². The summed E-state index contributed by atoms with van der Waals surface area (Å²) >= 11 is 0. The number of aliphatic hydroxyl groups is 1. The van der Waals surface area contributed by atoms with E-state index in [1.165, 1.54) is 5.56 Å². The fourth-order valence-electron chi connectivity index (χ4n) is 4.25. The van der Waals surface area contributed by atoms with Gasteiger partial charge in [0.15, 0.2) is 0 Å². The summed E-state index contributed by atoms with van der Waals surface area (Å²) in [5.41, 5.74) is 3.41. The minimum atomic E-state index is -0.178. The quantitative estimate of drug-likeness (QED) is 0.928. The predicted molar refractivity (Wildman–Crippen MR) is 96.7 cm³/mol. The molecule has 2 aliphatic rings. The Kier molecular flexibility index (Phi) is 4.88. The lowest BCUT2D eigenvalue weighted by Gasteiger charge is -2.40. The number of morpholine rings is 1. The van der Waals surface area contributed by atoms with Crippen LogP contribution in [0.3, 0.4) is 0 Å². The predicted octanol–water partition coefficient (Wildman–Crippen LogP) is 2.54. The Labute approximate surface area is 149 Å². The number of aromatic nitrogens is 2. The van der Waals surface area contributed by atoms with E-state index in [1.54, 1.807) is 0 Å². The average Bonchev–Trinajstić information content (AvgIpc) is 3.22. The van der Waals surface area contributed by atoms with Crippen LogP contribution < -0.4 is 0 Å². The first-order valence-electron chi connectivity index (χ1n) is 9.33. The molecule has 2 heterocycles. The van der Waals surface area contributed by atoms with E-state index in [2.05, 4.69) is 30.2 Å². The topological polar surface area (TPSA) is 50.5 Å². The van der Waals surface area contributed by atoms with Gasteiger partial charge in [-0.05, 0) is 31.9 Å². The second kappa shape index (κ2) is 7.28. The third kappa shape index (κ3) is 3.50. The van der Waals surface area contributed by atoms with Crippen LogP contribution in [0.25, 0.3) is 5.69 Å². The molecular formula is C20H27N3O2. The van der Waals surface area contributed by atoms with Gasteiger partial charge >= 0.3 is 0 Å². The van der Waals surface area contributed by atoms with E-state index in [0.29, 0.717) is 12.0 Å². The van der Waals surface area contributed by atoms with Gasteiger partial charge in [-0.15, -0.1) is 0 Å². The molecule has 1 aromatic carbocycles. The lowest BCUT2D eigenvalue weighted by molar-refractivity contribution is -0.0537. The van der Waals surface area contributed by atoms with Gasteiger partial charge in [0.1, 0.15) is 0 Å². The highest BCUT2D eigenvalue weighted by Crippen LogP contribution is 2.33. The van der Waals surface area contributed by atoms with Crippen LogP contribution in [0.15, 0.2) is 36.5 Å². The molecule has 2 fully saturated rings. The Morgan fingerprint density at radius 1 is 1.24 bits per heavy atom. The Hall–Kier alpha value is -1.69. The fourth-order valence-corrected chi connectivity index (χ4v) is 4.25. The second-order valence-electron chi connectivity index (χ2n) is 7.29. The highest BCUT2D eigenvalue weighted by Gasteiger charge is 2.37. The standard InChI is InChI=1S/C20H27N3O2/c1-15-16(13-23(21-15)17-6-3-2-4-7-17)12-22-10-11-25-14-19(22)18-8-5-9-20(18)24/h2-4,6-7,13,18-20,24H,5,8-12,14H2,1H3/t18-,19+,20+/m0/s1. The molecule has 1 aliphatic heterocycles. The molecule has 1 saturated heterocycles. The van der Waals surface area contributed by atoms with Gasteiger partial charge in [0.05, 0.1) is 30.7 Å². The lowest BCUT2D eigenvalue weighted by atomic mass is 9.94. The maximum absolute atomic E-state index is 10.3. The fraction of sp³-hybridized carbons (Fsp3) is 0.550. The van der Waals surface area contributed by atoms with E-state index in [1.807, 2.05) is 22.9 Å². The Morgan fingerprint density at radius 2 is 2.08 bits per heavy atom. The lowest BCUT2D eigenvalue weighted by Crippen LogP contribution is -2.50. The smallest absolute Gasteiger partial charge is 0.0645 e. The van der Waals surface area contributed by atoms with Crippen molar-refractivity contribution in [3.8, 4) is 5.69 Å². The van der Waals surface area contributed by atoms with Gasteiger partial charge in [-0.3, -0.25) is 4.90 Å². The number of hydrogen-bond donors (Lipinski definition) is 1. The van der Waals surface area contributed by atoms with Crippen molar-refractivity contribution < 1.29 is 9.84 Å². The van der Waals surface area contributed by atoms with Crippen LogP contribution in [0.2, 0.25) is 0 Å². The molecule has 5 nitrogen and oxygen atoms in total. The molecule has 1 saturated carbocycles. The van der Waals surface area contributed by atoms with Gasteiger partial charge < -0.3 is 9.84 Å². The van der Waals surface area contributed by atoms with Crippen molar-refractivity contribution in [1.29, 1.82) is 0 Å². The Balaban J connectivity index is 1.53. The number of aliphatic hydroxyl groups excluding tert-OH is 1. The summed E-state index contributed by atoms with van der Waals surface area (Å²) in [7, 11) is 0. The van der Waals surface area contributed by atoms with Gasteiger partial charge in [0.25, 0.3) is 0 Å². The molecule has 5 heteroatoms.